The van der Waals surface area contributed by atoms with Crippen molar-refractivity contribution >= 4 is 55.4 Å². The minimum Gasteiger partial charge on any atom is -0.497 e. The number of alkyl carbamates (subject to hydrolysis) is 1. The minimum atomic E-state index is -4.35. The van der Waals surface area contributed by atoms with Gasteiger partial charge in [-0.2, -0.15) is 0 Å². The fraction of sp³-hybridized carbons (Fsp3) is 0.500. The largest absolute Gasteiger partial charge is 0.497 e. The number of methoxy groups -OCH3 is 4. The summed E-state index contributed by atoms with van der Waals surface area (Å²) in [7, 11) is 6.46. The number of carbonyl (C=O) groups excluding carboxylic acids is 7. The number of amides is 2. The first-order chi connectivity index (χ1) is 43.7. The predicted molar refractivity (Wildman–Crippen MR) is 321 cm³/mol. The van der Waals surface area contributed by atoms with Gasteiger partial charge in [0.25, 0.3) is 0 Å². The average Bonchev–Trinajstić information content (AvgIpc) is 1.49. The fourth-order valence-electron chi connectivity index (χ4n) is 11.1. The van der Waals surface area contributed by atoms with Crippen molar-refractivity contribution in [3.8, 4) is 28.7 Å². The lowest BCUT2D eigenvalue weighted by Crippen LogP contribution is -2.64. The van der Waals surface area contributed by atoms with E-state index in [1.807, 2.05) is 21.1 Å². The molecule has 6 N–H and O–H groups in total. The SMILES string of the molecule is COC(=O)[C@H]1[C@@H](O)[C@@]2(O)c3c(OC)cc(OCCCCNC(=O)OCc4ccc(O[C@@H]5O[C@H](C(=O)OC)[C@@H](OC(C)=O)[C@H](OC(C)=O)[C@H]5OC(C)=O)c(NC(=O)CCNCCOP(=O)(O)OCC[N+](C)(C)C)c4)cc3O[C@@]2(c2ccc(OC)cc2)[C@@H]1c1ccccc1. The molecule has 29 nitrogen and oxygen atoms in total. The highest BCUT2D eigenvalue weighted by Gasteiger charge is 2.78. The van der Waals surface area contributed by atoms with Crippen molar-refractivity contribution < 1.29 is 124 Å². The number of hydrogen-bond acceptors (Lipinski definition) is 25. The Morgan fingerprint density at radius 1 is 0.707 bits per heavy atom. The Bertz CT molecular complexity index is 3300. The molecule has 1 saturated heterocycles. The van der Waals surface area contributed by atoms with Gasteiger partial charge in [0.2, 0.25) is 18.3 Å². The molecule has 502 valence electrons. The molecule has 1 unspecified atom stereocenters. The van der Waals surface area contributed by atoms with Gasteiger partial charge >= 0.3 is 43.8 Å². The first kappa shape index (κ1) is 71.3. The van der Waals surface area contributed by atoms with Crippen LogP contribution in [0.2, 0.25) is 0 Å². The van der Waals surface area contributed by atoms with Crippen LogP contribution in [-0.4, -0.2) is 194 Å². The Labute approximate surface area is 531 Å². The molecule has 30 heteroatoms. The number of rotatable bonds is 31. The molecule has 1 saturated carbocycles. The number of aliphatic hydroxyl groups is 2. The van der Waals surface area contributed by atoms with E-state index in [1.54, 1.807) is 66.7 Å². The summed E-state index contributed by atoms with van der Waals surface area (Å²) in [6.45, 7) is 3.29. The Kier molecular flexibility index (Phi) is 24.4. The third kappa shape index (κ3) is 17.1. The van der Waals surface area contributed by atoms with E-state index in [1.165, 1.54) is 39.5 Å². The fourth-order valence-corrected chi connectivity index (χ4v) is 11.8. The summed E-state index contributed by atoms with van der Waals surface area (Å²) in [6, 6.07) is 23.0. The van der Waals surface area contributed by atoms with E-state index in [-0.39, 0.29) is 86.7 Å². The molecule has 1 aliphatic carbocycles. The van der Waals surface area contributed by atoms with Gasteiger partial charge < -0.3 is 92.4 Å². The van der Waals surface area contributed by atoms with Crippen LogP contribution >= 0.6 is 7.82 Å². The number of phosphoric acid groups is 1. The van der Waals surface area contributed by atoms with Gasteiger partial charge in [-0.25, -0.2) is 14.2 Å². The maximum absolute atomic E-state index is 13.7. The van der Waals surface area contributed by atoms with Crippen LogP contribution in [0, 0.1) is 5.92 Å². The second-order valence-corrected chi connectivity index (χ2v) is 24.0. The number of nitrogens with one attached hydrogen (secondary N) is 3. The number of benzene rings is 4. The van der Waals surface area contributed by atoms with Crippen LogP contribution in [0.3, 0.4) is 0 Å². The topological polar surface area (TPSA) is 363 Å². The van der Waals surface area contributed by atoms with Crippen molar-refractivity contribution in [2.75, 3.05) is 101 Å². The number of carbonyl (C=O) groups is 7. The van der Waals surface area contributed by atoms with Crippen LogP contribution in [0.15, 0.2) is 84.9 Å². The molecule has 0 radical (unpaired) electrons. The van der Waals surface area contributed by atoms with Crippen LogP contribution in [0.1, 0.15) is 68.2 Å². The van der Waals surface area contributed by atoms with Gasteiger partial charge in [-0.05, 0) is 53.8 Å². The highest BCUT2D eigenvalue weighted by atomic mass is 31.2. The Balaban J connectivity index is 1.01. The third-order valence-electron chi connectivity index (χ3n) is 15.1. The summed E-state index contributed by atoms with van der Waals surface area (Å²) in [5, 5.41) is 33.8. The smallest absolute Gasteiger partial charge is 0.472 e. The van der Waals surface area contributed by atoms with E-state index in [0.717, 1.165) is 27.9 Å². The Morgan fingerprint density at radius 2 is 1.37 bits per heavy atom. The van der Waals surface area contributed by atoms with Gasteiger partial charge in [0.15, 0.2) is 29.5 Å². The number of fused-ring (bicyclic) bond motifs is 3. The van der Waals surface area contributed by atoms with Gasteiger partial charge in [0, 0.05) is 64.9 Å². The summed E-state index contributed by atoms with van der Waals surface area (Å²) in [5.74, 6) is -6.61. The zero-order chi connectivity index (χ0) is 67.1. The standard InChI is InChI=1S/C62H79N4O25P/c1-36(67)86-52-53(87-37(2)68)55(88-38(3)69)59(90-54(52)58(73)81-10)89-45-23-18-39(32-44(45)65-48(70)24-26-63-27-30-84-92(76,77)85-31-28-66(4,5)6)35-83-60(74)64-25-14-15-29-82-43-33-46(79-8)51-47(34-43)91-62(41-19-21-42(78-7)22-20-41)50(40-16-12-11-13-17-40)49(57(72)80-9)56(71)61(51,62)75/h11-13,16-23,32-34,49-50,52-56,59,63,71,75H,14-15,24-31,35H2,1-10H3,(H2-,64,65,70,74,76,77)/p+1/t49-,50-,52+,53+,54+,55-,56-,59-,61+,62+/m1/s1. The molecule has 11 atom stereocenters. The number of esters is 5. The molecule has 2 fully saturated rings. The van der Waals surface area contributed by atoms with Crippen molar-refractivity contribution in [2.45, 2.75) is 101 Å². The van der Waals surface area contributed by atoms with Crippen molar-refractivity contribution in [2.24, 2.45) is 5.92 Å². The quantitative estimate of drug-likeness (QED) is 0.0136. The Hall–Kier alpha value is -8.12. The molecule has 4 aromatic carbocycles. The first-order valence-electron chi connectivity index (χ1n) is 29.3. The van der Waals surface area contributed by atoms with Crippen LogP contribution in [0.5, 0.6) is 28.7 Å². The summed E-state index contributed by atoms with van der Waals surface area (Å²) in [4.78, 5) is 101. The summed E-state index contributed by atoms with van der Waals surface area (Å²) in [5.41, 5.74) is -2.73. The van der Waals surface area contributed by atoms with Crippen LogP contribution < -0.4 is 39.6 Å². The van der Waals surface area contributed by atoms with Crippen LogP contribution in [0.25, 0.3) is 0 Å². The van der Waals surface area contributed by atoms with Gasteiger partial charge in [-0.3, -0.25) is 33.0 Å². The van der Waals surface area contributed by atoms with E-state index in [2.05, 4.69) is 16.0 Å². The van der Waals surface area contributed by atoms with E-state index < -0.39 is 110 Å². The van der Waals surface area contributed by atoms with E-state index in [0.29, 0.717) is 46.3 Å². The van der Waals surface area contributed by atoms with Crippen molar-refractivity contribution in [3.05, 3.63) is 107 Å². The maximum atomic E-state index is 13.7. The highest BCUT2D eigenvalue weighted by molar-refractivity contribution is 7.47. The second-order valence-electron chi connectivity index (χ2n) is 22.6. The van der Waals surface area contributed by atoms with E-state index in [9.17, 15) is 53.2 Å². The second kappa shape index (κ2) is 31.5. The molecular formula is C62H80N4O25P+. The van der Waals surface area contributed by atoms with E-state index >= 15 is 0 Å². The van der Waals surface area contributed by atoms with Crippen molar-refractivity contribution in [3.63, 3.8) is 0 Å². The van der Waals surface area contributed by atoms with Crippen molar-refractivity contribution in [1.29, 1.82) is 0 Å². The lowest BCUT2D eigenvalue weighted by molar-refractivity contribution is -0.870. The van der Waals surface area contributed by atoms with Gasteiger partial charge in [-0.15, -0.1) is 0 Å². The molecule has 7 rings (SSSR count). The number of quaternary nitrogens is 1. The zero-order valence-corrected chi connectivity index (χ0v) is 53.6. The number of unbranched alkanes of at least 4 members (excludes halogenated alkanes) is 1. The maximum Gasteiger partial charge on any atom is 0.472 e. The molecule has 0 spiro atoms. The number of aliphatic hydroxyl groups excluding tert-OH is 1. The molecule has 2 amide bonds. The normalized spacial score (nSPS) is 23.6. The van der Waals surface area contributed by atoms with Crippen LogP contribution in [0.4, 0.5) is 10.5 Å². The molecule has 2 aliphatic heterocycles. The number of hydrogen-bond donors (Lipinski definition) is 6. The molecule has 0 aromatic heterocycles. The minimum absolute atomic E-state index is 0.0214. The molecule has 3 aliphatic rings. The zero-order valence-electron chi connectivity index (χ0n) is 52.7. The summed E-state index contributed by atoms with van der Waals surface area (Å²) < 4.78 is 91.4. The number of likely N-dealkylation sites (N-methyl/N-ethyl adjacent to an activating group) is 1. The molecule has 0 bridgehead atoms. The average molecular weight is 1310 g/mol. The number of anilines is 1. The first-order valence-corrected chi connectivity index (χ1v) is 30.8. The van der Waals surface area contributed by atoms with Gasteiger partial charge in [0.05, 0.1) is 80.0 Å². The molecular weight excluding hydrogens is 1230 g/mol. The molecule has 92 heavy (non-hydrogen) atoms. The van der Waals surface area contributed by atoms with E-state index in [4.69, 9.17) is 65.9 Å². The van der Waals surface area contributed by atoms with Gasteiger partial charge in [-0.1, -0.05) is 48.5 Å². The lowest BCUT2D eigenvalue weighted by atomic mass is 9.70. The predicted octanol–water partition coefficient (Wildman–Crippen LogP) is 4.04. The van der Waals surface area contributed by atoms with Crippen molar-refractivity contribution in [1.82, 2.24) is 10.6 Å². The van der Waals surface area contributed by atoms with Crippen LogP contribution in [-0.2, 0) is 93.3 Å². The number of nitrogens with zero attached hydrogens (tertiary/aromatic N) is 1. The number of phosphoric ester groups is 1. The third-order valence-corrected chi connectivity index (χ3v) is 16.2. The lowest BCUT2D eigenvalue weighted by Gasteiger charge is -2.43. The highest BCUT2D eigenvalue weighted by Crippen LogP contribution is 2.70. The van der Waals surface area contributed by atoms with Gasteiger partial charge in [0.1, 0.15) is 54.6 Å². The number of ether oxygens (including phenoxy) is 12. The molecule has 4 aromatic rings. The summed E-state index contributed by atoms with van der Waals surface area (Å²) in [6.07, 6.45) is -10.6. The Morgan fingerprint density at radius 3 is 2.01 bits per heavy atom. The monoisotopic (exact) mass is 1310 g/mol. The summed E-state index contributed by atoms with van der Waals surface area (Å²) >= 11 is 0. The molecule has 2 heterocycles.